The fourth-order valence-corrected chi connectivity index (χ4v) is 2.97. The molecule has 0 fully saturated rings. The van der Waals surface area contributed by atoms with Gasteiger partial charge in [-0.1, -0.05) is 19.9 Å². The van der Waals surface area contributed by atoms with Crippen LogP contribution in [-0.4, -0.2) is 24.5 Å². The third-order valence-electron chi connectivity index (χ3n) is 4.64. The number of hydrogen-bond donors (Lipinski definition) is 2. The molecule has 1 aromatic heterocycles. The van der Waals surface area contributed by atoms with Gasteiger partial charge in [-0.2, -0.15) is 0 Å². The van der Waals surface area contributed by atoms with Crippen LogP contribution in [0.15, 0.2) is 53.3 Å². The average Bonchev–Trinajstić information content (AvgIpc) is 2.67. The summed E-state index contributed by atoms with van der Waals surface area (Å²) in [7, 11) is 1.58. The second-order valence-electron chi connectivity index (χ2n) is 6.86. The summed E-state index contributed by atoms with van der Waals surface area (Å²) in [5.41, 5.74) is 3.17. The maximum Gasteiger partial charge on any atom is 0.251 e. The van der Waals surface area contributed by atoms with E-state index in [1.807, 2.05) is 18.2 Å². The molecule has 0 radical (unpaired) electrons. The molecule has 5 heteroatoms. The molecular weight excluding hydrogens is 340 g/mol. The maximum atomic E-state index is 12.3. The quantitative estimate of drug-likeness (QED) is 0.702. The number of H-pyrrole nitrogens is 1. The fourth-order valence-electron chi connectivity index (χ4n) is 2.97. The highest BCUT2D eigenvalue weighted by atomic mass is 16.5. The zero-order chi connectivity index (χ0) is 19.4. The lowest BCUT2D eigenvalue weighted by Crippen LogP contribution is -2.27. The minimum atomic E-state index is -0.169. The molecule has 0 saturated heterocycles. The Morgan fingerprint density at radius 1 is 1.11 bits per heavy atom. The van der Waals surface area contributed by atoms with Crippen molar-refractivity contribution in [2.75, 3.05) is 13.7 Å². The van der Waals surface area contributed by atoms with Crippen LogP contribution in [0.1, 0.15) is 41.3 Å². The van der Waals surface area contributed by atoms with Crippen LogP contribution in [0.5, 0.6) is 5.75 Å². The number of carbonyl (C=O) groups is 1. The van der Waals surface area contributed by atoms with E-state index >= 15 is 0 Å². The molecule has 0 bridgehead atoms. The van der Waals surface area contributed by atoms with Gasteiger partial charge in [-0.05, 0) is 65.8 Å². The molecule has 0 spiro atoms. The second kappa shape index (κ2) is 8.08. The van der Waals surface area contributed by atoms with Gasteiger partial charge in [0.05, 0.1) is 7.11 Å². The maximum absolute atomic E-state index is 12.3. The van der Waals surface area contributed by atoms with Crippen molar-refractivity contribution in [1.29, 1.82) is 0 Å². The first-order chi connectivity index (χ1) is 13.0. The highest BCUT2D eigenvalue weighted by molar-refractivity contribution is 5.94. The number of pyridine rings is 1. The lowest BCUT2D eigenvalue weighted by atomic mass is 10.0. The summed E-state index contributed by atoms with van der Waals surface area (Å²) in [6, 6.07) is 14.9. The number of carbonyl (C=O) groups excluding carboxylic acids is 1. The number of methoxy groups -OCH3 is 1. The largest absolute Gasteiger partial charge is 0.497 e. The number of amides is 1. The summed E-state index contributed by atoms with van der Waals surface area (Å²) < 4.78 is 5.09. The first kappa shape index (κ1) is 18.7. The summed E-state index contributed by atoms with van der Waals surface area (Å²) in [6.45, 7) is 4.67. The van der Waals surface area contributed by atoms with Crippen molar-refractivity contribution in [3.8, 4) is 5.75 Å². The standard InChI is InChI=1S/C22H24N2O3/c1-14(2)16-6-9-20-18(12-16)13-17(22(26)24-20)10-11-23-21(25)15-4-7-19(27-3)8-5-15/h4-9,12-14H,10-11H2,1-3H3,(H,23,25)(H,24,26). The number of ether oxygens (including phenoxy) is 1. The fraction of sp³-hybridized carbons (Fsp3) is 0.273. The van der Waals surface area contributed by atoms with Gasteiger partial charge >= 0.3 is 0 Å². The lowest BCUT2D eigenvalue weighted by Gasteiger charge is -2.09. The lowest BCUT2D eigenvalue weighted by molar-refractivity contribution is 0.0954. The summed E-state index contributed by atoms with van der Waals surface area (Å²) in [5.74, 6) is 0.959. The van der Waals surface area contributed by atoms with E-state index in [2.05, 4.69) is 30.2 Å². The Morgan fingerprint density at radius 3 is 2.52 bits per heavy atom. The summed E-state index contributed by atoms with van der Waals surface area (Å²) in [5, 5.41) is 3.87. The first-order valence-electron chi connectivity index (χ1n) is 9.06. The van der Waals surface area contributed by atoms with Crippen molar-refractivity contribution in [2.45, 2.75) is 26.2 Å². The number of aromatic amines is 1. The van der Waals surface area contributed by atoms with Crippen LogP contribution in [0.3, 0.4) is 0 Å². The molecular formula is C22H24N2O3. The smallest absolute Gasteiger partial charge is 0.251 e. The topological polar surface area (TPSA) is 71.2 Å². The third kappa shape index (κ3) is 4.37. The van der Waals surface area contributed by atoms with E-state index < -0.39 is 0 Å². The van der Waals surface area contributed by atoms with E-state index in [4.69, 9.17) is 4.74 Å². The molecule has 5 nitrogen and oxygen atoms in total. The van der Waals surface area contributed by atoms with Crippen LogP contribution in [0.25, 0.3) is 10.9 Å². The van der Waals surface area contributed by atoms with Gasteiger partial charge in [0.15, 0.2) is 0 Å². The van der Waals surface area contributed by atoms with Crippen molar-refractivity contribution in [2.24, 2.45) is 0 Å². The van der Waals surface area contributed by atoms with Crippen LogP contribution in [-0.2, 0) is 6.42 Å². The van der Waals surface area contributed by atoms with Crippen molar-refractivity contribution in [3.05, 3.63) is 75.6 Å². The molecule has 140 valence electrons. The van der Waals surface area contributed by atoms with Crippen LogP contribution >= 0.6 is 0 Å². The van der Waals surface area contributed by atoms with Crippen molar-refractivity contribution >= 4 is 16.8 Å². The highest BCUT2D eigenvalue weighted by Crippen LogP contribution is 2.20. The predicted octanol–water partition coefficient (Wildman–Crippen LogP) is 3.63. The van der Waals surface area contributed by atoms with Gasteiger partial charge in [-0.15, -0.1) is 0 Å². The van der Waals surface area contributed by atoms with E-state index in [1.165, 1.54) is 5.56 Å². The number of nitrogens with one attached hydrogen (secondary N) is 2. The monoisotopic (exact) mass is 364 g/mol. The zero-order valence-corrected chi connectivity index (χ0v) is 15.8. The Balaban J connectivity index is 1.69. The van der Waals surface area contributed by atoms with Gasteiger partial charge in [0.2, 0.25) is 0 Å². The Morgan fingerprint density at radius 2 is 1.85 bits per heavy atom. The molecule has 3 rings (SSSR count). The highest BCUT2D eigenvalue weighted by Gasteiger charge is 2.08. The Hall–Kier alpha value is -3.08. The Bertz CT molecular complexity index is 1000. The van der Waals surface area contributed by atoms with Crippen molar-refractivity contribution < 1.29 is 9.53 Å². The molecule has 27 heavy (non-hydrogen) atoms. The van der Waals surface area contributed by atoms with Crippen molar-refractivity contribution in [3.63, 3.8) is 0 Å². The van der Waals surface area contributed by atoms with Gasteiger partial charge < -0.3 is 15.0 Å². The number of fused-ring (bicyclic) bond motifs is 1. The van der Waals surface area contributed by atoms with Gasteiger partial charge in [-0.25, -0.2) is 0 Å². The zero-order valence-electron chi connectivity index (χ0n) is 15.8. The number of aromatic nitrogens is 1. The minimum absolute atomic E-state index is 0.113. The first-order valence-corrected chi connectivity index (χ1v) is 9.06. The van der Waals surface area contributed by atoms with E-state index in [9.17, 15) is 9.59 Å². The van der Waals surface area contributed by atoms with Gasteiger partial charge in [0.25, 0.3) is 11.5 Å². The Labute approximate surface area is 158 Å². The molecule has 0 aliphatic carbocycles. The molecule has 3 aromatic rings. The minimum Gasteiger partial charge on any atom is -0.497 e. The number of benzene rings is 2. The third-order valence-corrected chi connectivity index (χ3v) is 4.64. The molecule has 0 atom stereocenters. The summed E-state index contributed by atoms with van der Waals surface area (Å²) >= 11 is 0. The van der Waals surface area contributed by atoms with Crippen LogP contribution in [0.2, 0.25) is 0 Å². The molecule has 0 unspecified atom stereocenters. The Kier molecular flexibility index (Phi) is 5.60. The van der Waals surface area contributed by atoms with E-state index in [-0.39, 0.29) is 11.5 Å². The van der Waals surface area contributed by atoms with E-state index in [0.29, 0.717) is 35.8 Å². The molecule has 0 saturated carbocycles. The molecule has 0 aliphatic rings. The van der Waals surface area contributed by atoms with E-state index in [1.54, 1.807) is 31.4 Å². The van der Waals surface area contributed by atoms with Gasteiger partial charge in [0.1, 0.15) is 5.75 Å². The number of rotatable bonds is 6. The SMILES string of the molecule is COc1ccc(C(=O)NCCc2cc3cc(C(C)C)ccc3[nH]c2=O)cc1. The van der Waals surface area contributed by atoms with Crippen LogP contribution in [0.4, 0.5) is 0 Å². The molecule has 1 amide bonds. The van der Waals surface area contributed by atoms with Gasteiger partial charge in [-0.3, -0.25) is 9.59 Å². The van der Waals surface area contributed by atoms with Crippen LogP contribution in [0, 0.1) is 0 Å². The summed E-state index contributed by atoms with van der Waals surface area (Å²) in [4.78, 5) is 27.4. The summed E-state index contributed by atoms with van der Waals surface area (Å²) in [6.07, 6.45) is 0.471. The average molecular weight is 364 g/mol. The molecule has 0 aliphatic heterocycles. The van der Waals surface area contributed by atoms with Crippen molar-refractivity contribution in [1.82, 2.24) is 10.3 Å². The van der Waals surface area contributed by atoms with E-state index in [0.717, 1.165) is 10.9 Å². The van der Waals surface area contributed by atoms with Crippen LogP contribution < -0.4 is 15.6 Å². The molecule has 2 N–H and O–H groups in total. The number of hydrogen-bond acceptors (Lipinski definition) is 3. The molecule has 1 heterocycles. The van der Waals surface area contributed by atoms with Gasteiger partial charge in [0, 0.05) is 23.2 Å². The predicted molar refractivity (Wildman–Crippen MR) is 108 cm³/mol. The normalized spacial score (nSPS) is 11.0. The molecule has 2 aromatic carbocycles. The second-order valence-corrected chi connectivity index (χ2v) is 6.86.